The molecule has 1 aromatic rings. The Balaban J connectivity index is 1.49. The molecule has 1 heterocycles. The van der Waals surface area contributed by atoms with E-state index in [2.05, 4.69) is 52.4 Å². The van der Waals surface area contributed by atoms with Gasteiger partial charge >= 0.3 is 0 Å². The summed E-state index contributed by atoms with van der Waals surface area (Å²) < 4.78 is 13.1. The van der Waals surface area contributed by atoms with Crippen LogP contribution in [0.15, 0.2) is 28.7 Å². The highest BCUT2D eigenvalue weighted by Gasteiger charge is 2.43. The first kappa shape index (κ1) is 14.5. The molecule has 4 heteroatoms. The van der Waals surface area contributed by atoms with Crippen molar-refractivity contribution in [2.45, 2.75) is 50.5 Å². The zero-order valence-electron chi connectivity index (χ0n) is 11.9. The van der Waals surface area contributed by atoms with E-state index in [9.17, 15) is 0 Å². The first-order valence-corrected chi connectivity index (χ1v) is 8.27. The zero-order chi connectivity index (χ0) is 14.0. The maximum atomic E-state index is 6.12. The molecule has 1 aliphatic heterocycles. The predicted molar refractivity (Wildman–Crippen MR) is 82.6 cm³/mol. The van der Waals surface area contributed by atoms with Crippen LogP contribution in [-0.2, 0) is 9.47 Å². The van der Waals surface area contributed by atoms with Gasteiger partial charge in [-0.2, -0.15) is 0 Å². The minimum atomic E-state index is -0.243. The van der Waals surface area contributed by atoms with Crippen molar-refractivity contribution in [3.63, 3.8) is 0 Å². The van der Waals surface area contributed by atoms with Gasteiger partial charge in [0, 0.05) is 29.9 Å². The lowest BCUT2D eigenvalue weighted by atomic mass is 10.1. The van der Waals surface area contributed by atoms with Gasteiger partial charge in [-0.3, -0.25) is 0 Å². The Morgan fingerprint density at radius 2 is 2.00 bits per heavy atom. The second-order valence-electron chi connectivity index (χ2n) is 5.85. The lowest BCUT2D eigenvalue weighted by molar-refractivity contribution is -0.161. The fourth-order valence-electron chi connectivity index (χ4n) is 3.07. The zero-order valence-corrected chi connectivity index (χ0v) is 13.5. The highest BCUT2D eigenvalue weighted by Crippen LogP contribution is 2.39. The summed E-state index contributed by atoms with van der Waals surface area (Å²) in [5, 5.41) is 3.55. The van der Waals surface area contributed by atoms with Gasteiger partial charge in [-0.25, -0.2) is 0 Å². The number of nitrogens with one attached hydrogen (secondary N) is 1. The van der Waals surface area contributed by atoms with Gasteiger partial charge in [0.2, 0.25) is 0 Å². The molecule has 1 aromatic carbocycles. The molecule has 2 fully saturated rings. The van der Waals surface area contributed by atoms with Gasteiger partial charge in [-0.15, -0.1) is 0 Å². The third-order valence-corrected chi connectivity index (χ3v) is 4.83. The molecule has 0 amide bonds. The smallest absolute Gasteiger partial charge is 0.168 e. The standard InChI is InChI=1S/C16H22BrNO2/c1-12(13-4-6-14(17)7-5-13)18-10-15-11-19-16(20-15)8-2-3-9-16/h4-7,12,15,18H,2-3,8-11H2,1H3/t12-,15+/m0/s1. The van der Waals surface area contributed by atoms with Crippen LogP contribution in [0.4, 0.5) is 0 Å². The van der Waals surface area contributed by atoms with Gasteiger partial charge in [0.05, 0.1) is 12.7 Å². The molecule has 2 aliphatic rings. The van der Waals surface area contributed by atoms with Crippen molar-refractivity contribution in [3.05, 3.63) is 34.3 Å². The molecule has 0 bridgehead atoms. The Kier molecular flexibility index (Phi) is 4.46. The lowest BCUT2D eigenvalue weighted by Crippen LogP contribution is -2.33. The van der Waals surface area contributed by atoms with Gasteiger partial charge in [0.25, 0.3) is 0 Å². The maximum absolute atomic E-state index is 6.12. The molecule has 0 unspecified atom stereocenters. The Morgan fingerprint density at radius 3 is 2.70 bits per heavy atom. The van der Waals surface area contributed by atoms with Crippen molar-refractivity contribution < 1.29 is 9.47 Å². The SMILES string of the molecule is C[C@H](NC[C@@H]1COC2(CCCC2)O1)c1ccc(Br)cc1. The molecule has 0 aromatic heterocycles. The van der Waals surface area contributed by atoms with E-state index in [-0.39, 0.29) is 11.9 Å². The van der Waals surface area contributed by atoms with Crippen molar-refractivity contribution in [2.75, 3.05) is 13.2 Å². The van der Waals surface area contributed by atoms with Crippen molar-refractivity contribution in [1.29, 1.82) is 0 Å². The maximum Gasteiger partial charge on any atom is 0.168 e. The van der Waals surface area contributed by atoms with Crippen molar-refractivity contribution >= 4 is 15.9 Å². The third kappa shape index (κ3) is 3.25. The first-order chi connectivity index (χ1) is 9.67. The molecule has 1 N–H and O–H groups in total. The monoisotopic (exact) mass is 339 g/mol. The van der Waals surface area contributed by atoms with E-state index < -0.39 is 0 Å². The molecule has 20 heavy (non-hydrogen) atoms. The minimum Gasteiger partial charge on any atom is -0.347 e. The Morgan fingerprint density at radius 1 is 1.30 bits per heavy atom. The molecule has 1 spiro atoms. The minimum absolute atomic E-state index is 0.186. The van der Waals surface area contributed by atoms with Crippen LogP contribution in [-0.4, -0.2) is 25.0 Å². The topological polar surface area (TPSA) is 30.5 Å². The summed E-state index contributed by atoms with van der Waals surface area (Å²) >= 11 is 3.46. The normalized spacial score (nSPS) is 26.2. The molecular weight excluding hydrogens is 318 g/mol. The van der Waals surface area contributed by atoms with Crippen LogP contribution in [0.1, 0.15) is 44.2 Å². The average Bonchev–Trinajstić information content (AvgIpc) is 3.08. The van der Waals surface area contributed by atoms with Crippen LogP contribution in [0, 0.1) is 0 Å². The summed E-state index contributed by atoms with van der Waals surface area (Å²) in [5.41, 5.74) is 1.29. The Bertz CT molecular complexity index is 442. The molecule has 2 atom stereocenters. The van der Waals surface area contributed by atoms with E-state index in [0.29, 0.717) is 6.04 Å². The summed E-state index contributed by atoms with van der Waals surface area (Å²) in [6, 6.07) is 8.78. The lowest BCUT2D eigenvalue weighted by Gasteiger charge is -2.22. The summed E-state index contributed by atoms with van der Waals surface area (Å²) in [5.74, 6) is -0.243. The van der Waals surface area contributed by atoms with Gasteiger partial charge < -0.3 is 14.8 Å². The highest BCUT2D eigenvalue weighted by molar-refractivity contribution is 9.10. The number of ether oxygens (including phenoxy) is 2. The van der Waals surface area contributed by atoms with Gasteiger partial charge in [0.1, 0.15) is 0 Å². The molecule has 1 saturated heterocycles. The van der Waals surface area contributed by atoms with Crippen molar-refractivity contribution in [1.82, 2.24) is 5.32 Å². The van der Waals surface area contributed by atoms with E-state index in [1.807, 2.05) is 0 Å². The van der Waals surface area contributed by atoms with E-state index in [4.69, 9.17) is 9.47 Å². The summed E-state index contributed by atoms with van der Waals surface area (Å²) in [6.07, 6.45) is 4.77. The van der Waals surface area contributed by atoms with Gasteiger partial charge in [0.15, 0.2) is 5.79 Å². The molecule has 3 nitrogen and oxygen atoms in total. The van der Waals surface area contributed by atoms with E-state index in [1.54, 1.807) is 0 Å². The summed E-state index contributed by atoms with van der Waals surface area (Å²) in [6.45, 7) is 3.75. The fraction of sp³-hybridized carbons (Fsp3) is 0.625. The summed E-state index contributed by atoms with van der Waals surface area (Å²) in [4.78, 5) is 0. The fourth-order valence-corrected chi connectivity index (χ4v) is 3.33. The van der Waals surface area contributed by atoms with E-state index >= 15 is 0 Å². The molecule has 1 aliphatic carbocycles. The second kappa shape index (κ2) is 6.14. The first-order valence-electron chi connectivity index (χ1n) is 7.47. The van der Waals surface area contributed by atoms with Crippen LogP contribution in [0.2, 0.25) is 0 Å². The number of benzene rings is 1. The average molecular weight is 340 g/mol. The van der Waals surface area contributed by atoms with Crippen LogP contribution >= 0.6 is 15.9 Å². The molecule has 1 saturated carbocycles. The van der Waals surface area contributed by atoms with Crippen molar-refractivity contribution in [2.24, 2.45) is 0 Å². The number of hydrogen-bond acceptors (Lipinski definition) is 3. The number of hydrogen-bond donors (Lipinski definition) is 1. The molecule has 3 rings (SSSR count). The molecular formula is C16H22BrNO2. The van der Waals surface area contributed by atoms with E-state index in [1.165, 1.54) is 18.4 Å². The Hall–Kier alpha value is -0.420. The van der Waals surface area contributed by atoms with Gasteiger partial charge in [-0.1, -0.05) is 28.1 Å². The van der Waals surface area contributed by atoms with E-state index in [0.717, 1.165) is 30.5 Å². The number of rotatable bonds is 4. The summed E-state index contributed by atoms with van der Waals surface area (Å²) in [7, 11) is 0. The van der Waals surface area contributed by atoms with Crippen LogP contribution in [0.5, 0.6) is 0 Å². The predicted octanol–water partition coefficient (Wildman–Crippen LogP) is 3.79. The van der Waals surface area contributed by atoms with Crippen LogP contribution in [0.3, 0.4) is 0 Å². The molecule has 0 radical (unpaired) electrons. The third-order valence-electron chi connectivity index (χ3n) is 4.30. The highest BCUT2D eigenvalue weighted by atomic mass is 79.9. The van der Waals surface area contributed by atoms with Crippen LogP contribution in [0.25, 0.3) is 0 Å². The van der Waals surface area contributed by atoms with Gasteiger partial charge in [-0.05, 0) is 37.5 Å². The largest absolute Gasteiger partial charge is 0.347 e. The van der Waals surface area contributed by atoms with Crippen molar-refractivity contribution in [3.8, 4) is 0 Å². The Labute approximate surface area is 129 Å². The number of halogens is 1. The quantitative estimate of drug-likeness (QED) is 0.905. The second-order valence-corrected chi connectivity index (χ2v) is 6.77. The van der Waals surface area contributed by atoms with Crippen LogP contribution < -0.4 is 5.32 Å². The molecule has 110 valence electrons.